The summed E-state index contributed by atoms with van der Waals surface area (Å²) in [7, 11) is 3.20. The minimum Gasteiger partial charge on any atom is -0.497 e. The van der Waals surface area contributed by atoms with Gasteiger partial charge in [-0.3, -0.25) is 0 Å². The predicted octanol–water partition coefficient (Wildman–Crippen LogP) is 2.91. The van der Waals surface area contributed by atoms with Gasteiger partial charge in [-0.15, -0.1) is 0 Å². The van der Waals surface area contributed by atoms with Crippen LogP contribution in [0.15, 0.2) is 42.6 Å². The summed E-state index contributed by atoms with van der Waals surface area (Å²) in [6.07, 6.45) is 1.65. The number of ether oxygens (including phenoxy) is 2. The fourth-order valence-corrected chi connectivity index (χ4v) is 1.80. The van der Waals surface area contributed by atoms with Gasteiger partial charge in [0, 0.05) is 17.8 Å². The summed E-state index contributed by atoms with van der Waals surface area (Å²) in [5.41, 5.74) is 1.63. The van der Waals surface area contributed by atoms with Gasteiger partial charge in [0.05, 0.1) is 26.1 Å². The Balaban J connectivity index is 1.97. The third-order valence-electron chi connectivity index (χ3n) is 2.53. The van der Waals surface area contributed by atoms with E-state index in [1.54, 1.807) is 26.5 Å². The van der Waals surface area contributed by atoms with Crippen molar-refractivity contribution in [3.8, 4) is 11.6 Å². The highest BCUT2D eigenvalue weighted by Crippen LogP contribution is 2.17. The molecule has 0 aliphatic rings. The average Bonchev–Trinajstić information content (AvgIpc) is 2.48. The molecule has 20 heavy (non-hydrogen) atoms. The lowest BCUT2D eigenvalue weighted by Gasteiger charge is -2.11. The number of rotatable bonds is 4. The molecule has 2 rings (SSSR count). The number of aromatic nitrogens is 1. The molecular weight excluding hydrogens is 274 g/mol. The molecule has 1 aromatic heterocycles. The molecule has 0 amide bonds. The lowest BCUT2D eigenvalue weighted by atomic mass is 10.3. The fraction of sp³-hybridized carbons (Fsp3) is 0.143. The summed E-state index contributed by atoms with van der Waals surface area (Å²) in [6.45, 7) is 0. The van der Waals surface area contributed by atoms with Crippen molar-refractivity contribution in [2.24, 2.45) is 0 Å². The molecule has 0 atom stereocenters. The Bertz CT molecular complexity index is 587. The Hall–Kier alpha value is -2.34. The van der Waals surface area contributed by atoms with Gasteiger partial charge < -0.3 is 20.1 Å². The fourth-order valence-electron chi connectivity index (χ4n) is 1.57. The first-order chi connectivity index (χ1) is 9.71. The maximum atomic E-state index is 5.24. The quantitative estimate of drug-likeness (QED) is 0.844. The third-order valence-corrected chi connectivity index (χ3v) is 2.74. The molecule has 1 heterocycles. The van der Waals surface area contributed by atoms with E-state index in [9.17, 15) is 0 Å². The van der Waals surface area contributed by atoms with E-state index in [0.717, 1.165) is 17.1 Å². The molecule has 0 saturated heterocycles. The highest BCUT2D eigenvalue weighted by molar-refractivity contribution is 7.80. The highest BCUT2D eigenvalue weighted by atomic mass is 32.1. The van der Waals surface area contributed by atoms with Crippen molar-refractivity contribution in [3.05, 3.63) is 42.6 Å². The van der Waals surface area contributed by atoms with Crippen molar-refractivity contribution in [3.63, 3.8) is 0 Å². The van der Waals surface area contributed by atoms with Crippen LogP contribution in [-0.2, 0) is 0 Å². The van der Waals surface area contributed by atoms with E-state index in [1.807, 2.05) is 30.3 Å². The Morgan fingerprint density at radius 2 is 1.85 bits per heavy atom. The van der Waals surface area contributed by atoms with Gasteiger partial charge in [0.15, 0.2) is 5.11 Å². The minimum absolute atomic E-state index is 0.477. The van der Waals surface area contributed by atoms with Gasteiger partial charge in [0.2, 0.25) is 5.88 Å². The average molecular weight is 289 g/mol. The molecule has 5 nitrogen and oxygen atoms in total. The van der Waals surface area contributed by atoms with E-state index in [4.69, 9.17) is 21.7 Å². The monoisotopic (exact) mass is 289 g/mol. The lowest BCUT2D eigenvalue weighted by molar-refractivity contribution is 0.398. The van der Waals surface area contributed by atoms with Gasteiger partial charge >= 0.3 is 0 Å². The molecule has 0 unspecified atom stereocenters. The zero-order chi connectivity index (χ0) is 14.4. The molecule has 6 heteroatoms. The van der Waals surface area contributed by atoms with Crippen LogP contribution in [0.25, 0.3) is 0 Å². The number of thiocarbonyl (C=S) groups is 1. The molecule has 2 aromatic rings. The van der Waals surface area contributed by atoms with Crippen LogP contribution in [0.1, 0.15) is 0 Å². The predicted molar refractivity (Wildman–Crippen MR) is 83.6 cm³/mol. The van der Waals surface area contributed by atoms with E-state index in [2.05, 4.69) is 15.6 Å². The van der Waals surface area contributed by atoms with E-state index in [1.165, 1.54) is 0 Å². The second-order valence-electron chi connectivity index (χ2n) is 3.90. The van der Waals surface area contributed by atoms with Crippen LogP contribution in [0.4, 0.5) is 11.4 Å². The second kappa shape index (κ2) is 6.72. The smallest absolute Gasteiger partial charge is 0.213 e. The SMILES string of the molecule is COc1cccc(NC(=S)Nc2ccc(OC)nc2)c1. The van der Waals surface area contributed by atoms with E-state index >= 15 is 0 Å². The minimum atomic E-state index is 0.477. The number of hydrogen-bond donors (Lipinski definition) is 2. The number of nitrogens with one attached hydrogen (secondary N) is 2. The third kappa shape index (κ3) is 3.83. The normalized spacial score (nSPS) is 9.70. The summed E-state index contributed by atoms with van der Waals surface area (Å²) in [5, 5.41) is 6.59. The van der Waals surface area contributed by atoms with Crippen molar-refractivity contribution >= 4 is 28.7 Å². The van der Waals surface area contributed by atoms with E-state index in [0.29, 0.717) is 11.0 Å². The molecule has 0 saturated carbocycles. The van der Waals surface area contributed by atoms with Crippen LogP contribution in [0.3, 0.4) is 0 Å². The number of nitrogens with zero attached hydrogens (tertiary/aromatic N) is 1. The molecule has 0 bridgehead atoms. The van der Waals surface area contributed by atoms with Gasteiger partial charge in [-0.1, -0.05) is 6.07 Å². The van der Waals surface area contributed by atoms with Gasteiger partial charge in [0.1, 0.15) is 5.75 Å². The first kappa shape index (κ1) is 14.1. The molecule has 2 N–H and O–H groups in total. The summed E-state index contributed by atoms with van der Waals surface area (Å²) in [5.74, 6) is 1.33. The summed E-state index contributed by atoms with van der Waals surface area (Å²) in [4.78, 5) is 4.09. The Labute approximate surface area is 122 Å². The van der Waals surface area contributed by atoms with Crippen molar-refractivity contribution < 1.29 is 9.47 Å². The van der Waals surface area contributed by atoms with Crippen LogP contribution in [-0.4, -0.2) is 24.3 Å². The Kier molecular flexibility index (Phi) is 4.73. The summed E-state index contributed by atoms with van der Waals surface area (Å²) < 4.78 is 10.1. The van der Waals surface area contributed by atoms with Gasteiger partial charge in [0.25, 0.3) is 0 Å². The van der Waals surface area contributed by atoms with Crippen LogP contribution >= 0.6 is 12.2 Å². The molecule has 0 radical (unpaired) electrons. The van der Waals surface area contributed by atoms with Crippen LogP contribution in [0.2, 0.25) is 0 Å². The van der Waals surface area contributed by atoms with E-state index in [-0.39, 0.29) is 0 Å². The van der Waals surface area contributed by atoms with Crippen molar-refractivity contribution in [2.75, 3.05) is 24.9 Å². The van der Waals surface area contributed by atoms with Crippen LogP contribution in [0.5, 0.6) is 11.6 Å². The van der Waals surface area contributed by atoms with Crippen LogP contribution < -0.4 is 20.1 Å². The number of methoxy groups -OCH3 is 2. The van der Waals surface area contributed by atoms with Crippen LogP contribution in [0, 0.1) is 0 Å². The zero-order valence-corrected chi connectivity index (χ0v) is 12.0. The molecule has 0 spiro atoms. The summed E-state index contributed by atoms with van der Waals surface area (Å²) in [6, 6.07) is 11.1. The first-order valence-electron chi connectivity index (χ1n) is 5.93. The van der Waals surface area contributed by atoms with Crippen molar-refractivity contribution in [1.29, 1.82) is 0 Å². The number of hydrogen-bond acceptors (Lipinski definition) is 4. The topological polar surface area (TPSA) is 55.4 Å². The number of anilines is 2. The molecule has 0 fully saturated rings. The largest absolute Gasteiger partial charge is 0.497 e. The maximum absolute atomic E-state index is 5.24. The van der Waals surface area contributed by atoms with Gasteiger partial charge in [-0.25, -0.2) is 4.98 Å². The highest BCUT2D eigenvalue weighted by Gasteiger charge is 2.01. The number of benzene rings is 1. The lowest BCUT2D eigenvalue weighted by Crippen LogP contribution is -2.19. The second-order valence-corrected chi connectivity index (χ2v) is 4.31. The molecule has 0 aliphatic carbocycles. The molecule has 1 aromatic carbocycles. The van der Waals surface area contributed by atoms with Crippen molar-refractivity contribution in [2.45, 2.75) is 0 Å². The Morgan fingerprint density at radius 1 is 1.05 bits per heavy atom. The van der Waals surface area contributed by atoms with Gasteiger partial charge in [-0.05, 0) is 30.4 Å². The summed E-state index contributed by atoms with van der Waals surface area (Å²) >= 11 is 5.24. The first-order valence-corrected chi connectivity index (χ1v) is 6.34. The Morgan fingerprint density at radius 3 is 2.50 bits per heavy atom. The molecular formula is C14H15N3O2S. The molecule has 0 aliphatic heterocycles. The standard InChI is InChI=1S/C14H15N3O2S/c1-18-12-5-3-4-10(8-12)16-14(20)17-11-6-7-13(19-2)15-9-11/h3-9H,1-2H3,(H2,16,17,20). The zero-order valence-electron chi connectivity index (χ0n) is 11.2. The van der Waals surface area contributed by atoms with E-state index < -0.39 is 0 Å². The molecule has 104 valence electrons. The van der Waals surface area contributed by atoms with Crippen molar-refractivity contribution in [1.82, 2.24) is 4.98 Å². The maximum Gasteiger partial charge on any atom is 0.213 e. The number of pyridine rings is 1. The van der Waals surface area contributed by atoms with Gasteiger partial charge in [-0.2, -0.15) is 0 Å².